The molecular weight excluding hydrogens is 187 g/mol. The van der Waals surface area contributed by atoms with Crippen LogP contribution in [0.1, 0.15) is 0 Å². The van der Waals surface area contributed by atoms with Crippen molar-refractivity contribution in [1.29, 1.82) is 0 Å². The number of hydrogen-bond donors (Lipinski definition) is 4. The van der Waals surface area contributed by atoms with Crippen LogP contribution in [0.25, 0.3) is 0 Å². The Balaban J connectivity index is 2.15. The van der Waals surface area contributed by atoms with E-state index in [1.807, 2.05) is 0 Å². The van der Waals surface area contributed by atoms with E-state index in [4.69, 9.17) is 5.11 Å². The van der Waals surface area contributed by atoms with Gasteiger partial charge in [0, 0.05) is 0 Å². The number of aliphatic hydroxyl groups excluding tert-OH is 1. The summed E-state index contributed by atoms with van der Waals surface area (Å²) in [6.45, 7) is -0.564. The molecule has 0 spiro atoms. The van der Waals surface area contributed by atoms with Gasteiger partial charge >= 0.3 is 0 Å². The maximum absolute atomic E-state index is 11.5. The van der Waals surface area contributed by atoms with E-state index in [1.54, 1.807) is 0 Å². The summed E-state index contributed by atoms with van der Waals surface area (Å²) in [7, 11) is -3.42. The Labute approximate surface area is 66.8 Å². The first kappa shape index (κ1) is 7.44. The molecule has 68 valence electrons. The molecule has 0 aromatic heterocycles. The highest BCUT2D eigenvalue weighted by molar-refractivity contribution is 7.85. The maximum atomic E-state index is 11.5. The molecule has 0 radical (unpaired) electrons. The molecule has 1 unspecified atom stereocenters. The van der Waals surface area contributed by atoms with Gasteiger partial charge in [-0.05, 0) is 0 Å². The second-order valence-electron chi connectivity index (χ2n) is 3.40. The molecule has 0 aromatic carbocycles. The second-order valence-corrected chi connectivity index (χ2v) is 6.56. The van der Waals surface area contributed by atoms with E-state index in [-0.39, 0.29) is 0 Å². The van der Waals surface area contributed by atoms with Crippen LogP contribution in [-0.4, -0.2) is 49.3 Å². The third-order valence-electron chi connectivity index (χ3n) is 3.15. The number of aliphatic hydroxyl groups is 4. The molecule has 0 amide bonds. The topological polar surface area (TPSA) is 107 Å². The predicted molar refractivity (Wildman–Crippen MR) is 34.4 cm³/mol. The Bertz CT molecular complexity index is 343. The van der Waals surface area contributed by atoms with E-state index in [2.05, 4.69) is 4.74 Å². The van der Waals surface area contributed by atoms with Crippen molar-refractivity contribution in [2.24, 2.45) is 0 Å². The van der Waals surface area contributed by atoms with Gasteiger partial charge in [0.05, 0.1) is 6.61 Å². The number of rotatable bonds is 1. The Morgan fingerprint density at radius 1 is 1.42 bits per heavy atom. The average Bonchev–Trinajstić information content (AvgIpc) is 2.48. The minimum Gasteiger partial charge on any atom is -0.394 e. The SMILES string of the molecule is O=P12[C@@]3(O)[C@]1(O)[C@@H](CO)O[C@]32O. The Hall–Kier alpha value is 0.0300. The summed E-state index contributed by atoms with van der Waals surface area (Å²) in [6, 6.07) is 0. The lowest BCUT2D eigenvalue weighted by atomic mass is 10.1. The van der Waals surface area contributed by atoms with E-state index < -0.39 is 36.1 Å². The smallest absolute Gasteiger partial charge is 0.267 e. The first-order valence-electron chi connectivity index (χ1n) is 3.48. The largest absolute Gasteiger partial charge is 0.394 e. The van der Waals surface area contributed by atoms with Crippen molar-refractivity contribution >= 4 is 7.14 Å². The number of hydrogen-bond acceptors (Lipinski definition) is 6. The molecule has 12 heavy (non-hydrogen) atoms. The van der Waals surface area contributed by atoms with Crippen molar-refractivity contribution in [2.45, 2.75) is 22.3 Å². The van der Waals surface area contributed by atoms with Gasteiger partial charge in [0.15, 0.2) is 5.34 Å². The lowest BCUT2D eigenvalue weighted by Crippen LogP contribution is -2.38. The van der Waals surface area contributed by atoms with Crippen LogP contribution >= 0.6 is 7.14 Å². The summed E-state index contributed by atoms with van der Waals surface area (Å²) < 4.78 is 16.1. The van der Waals surface area contributed by atoms with Crippen LogP contribution in [0.5, 0.6) is 0 Å². The van der Waals surface area contributed by atoms with Crippen LogP contribution in [0.2, 0.25) is 0 Å². The van der Waals surface area contributed by atoms with Gasteiger partial charge in [-0.25, -0.2) is 0 Å². The summed E-state index contributed by atoms with van der Waals surface area (Å²) in [5, 5.41) is 32.9. The van der Waals surface area contributed by atoms with Crippen molar-refractivity contribution in [3.05, 3.63) is 0 Å². The van der Waals surface area contributed by atoms with Crippen LogP contribution in [0.15, 0.2) is 0 Å². The quantitative estimate of drug-likeness (QED) is 0.352. The highest BCUT2D eigenvalue weighted by Crippen LogP contribution is 3.16. The monoisotopic (exact) mass is 194 g/mol. The molecule has 4 saturated heterocycles. The van der Waals surface area contributed by atoms with Crippen LogP contribution < -0.4 is 0 Å². The lowest BCUT2D eigenvalue weighted by molar-refractivity contribution is -0.140. The third kappa shape index (κ3) is 0.280. The molecule has 7 heteroatoms. The molecule has 4 aliphatic heterocycles. The van der Waals surface area contributed by atoms with E-state index in [1.165, 1.54) is 0 Å². The van der Waals surface area contributed by atoms with Gasteiger partial charge in [0.2, 0.25) is 12.5 Å². The molecule has 6 nitrogen and oxygen atoms in total. The minimum atomic E-state index is -3.42. The van der Waals surface area contributed by atoms with E-state index in [0.717, 1.165) is 0 Å². The number of ether oxygens (including phenoxy) is 1. The van der Waals surface area contributed by atoms with Crippen LogP contribution in [0, 0.1) is 0 Å². The maximum Gasteiger partial charge on any atom is 0.267 e. The van der Waals surface area contributed by atoms with Gasteiger partial charge in [0.25, 0.3) is 5.53 Å². The summed E-state index contributed by atoms with van der Waals surface area (Å²) >= 11 is 0. The van der Waals surface area contributed by atoms with E-state index in [0.29, 0.717) is 0 Å². The second kappa shape index (κ2) is 1.32. The molecule has 0 aliphatic carbocycles. The van der Waals surface area contributed by atoms with Crippen molar-refractivity contribution in [1.82, 2.24) is 0 Å². The summed E-state index contributed by atoms with van der Waals surface area (Å²) in [4.78, 5) is 0. The number of fused-ring (bicyclic) bond motifs is 1. The first-order valence-corrected chi connectivity index (χ1v) is 5.18. The van der Waals surface area contributed by atoms with Crippen molar-refractivity contribution in [2.75, 3.05) is 6.61 Å². The van der Waals surface area contributed by atoms with Gasteiger partial charge < -0.3 is 29.7 Å². The van der Waals surface area contributed by atoms with Crippen molar-refractivity contribution in [3.63, 3.8) is 0 Å². The third-order valence-corrected chi connectivity index (χ3v) is 7.11. The molecule has 0 aromatic rings. The zero-order valence-corrected chi connectivity index (χ0v) is 6.73. The van der Waals surface area contributed by atoms with Gasteiger partial charge in [0.1, 0.15) is 6.10 Å². The molecular formula is C5H7O6P. The van der Waals surface area contributed by atoms with Crippen LogP contribution in [-0.2, 0) is 9.30 Å². The Morgan fingerprint density at radius 2 is 1.92 bits per heavy atom. The Kier molecular flexibility index (Phi) is 0.816. The summed E-state index contributed by atoms with van der Waals surface area (Å²) in [5.41, 5.74) is -2.07. The normalized spacial score (nSPS) is 77.2. The van der Waals surface area contributed by atoms with Crippen LogP contribution in [0.3, 0.4) is 0 Å². The Morgan fingerprint density at radius 3 is 2.08 bits per heavy atom. The van der Waals surface area contributed by atoms with Crippen LogP contribution in [0.4, 0.5) is 0 Å². The average molecular weight is 194 g/mol. The van der Waals surface area contributed by atoms with E-state index >= 15 is 0 Å². The fourth-order valence-electron chi connectivity index (χ4n) is 2.33. The fraction of sp³-hybridized carbons (Fsp3) is 1.00. The molecule has 4 aliphatic rings. The van der Waals surface area contributed by atoms with Gasteiger partial charge in [-0.2, -0.15) is 0 Å². The van der Waals surface area contributed by atoms with Crippen molar-refractivity contribution in [3.8, 4) is 0 Å². The minimum absolute atomic E-state index is 0.564. The van der Waals surface area contributed by atoms with Crippen molar-refractivity contribution < 1.29 is 29.7 Å². The molecule has 2 bridgehead atoms. The zero-order valence-electron chi connectivity index (χ0n) is 5.84. The first-order chi connectivity index (χ1) is 5.42. The van der Waals surface area contributed by atoms with E-state index in [9.17, 15) is 19.9 Å². The molecule has 0 saturated carbocycles. The van der Waals surface area contributed by atoms with Gasteiger partial charge in [-0.3, -0.25) is 0 Å². The fourth-order valence-corrected chi connectivity index (χ4v) is 6.27. The molecule has 4 rings (SSSR count). The summed E-state index contributed by atoms with van der Waals surface area (Å²) in [6.07, 6.45) is -1.13. The van der Waals surface area contributed by atoms with Gasteiger partial charge in [-0.1, -0.05) is 0 Å². The highest BCUT2D eigenvalue weighted by atomic mass is 31.2. The standard InChI is InChI=1S/C5H7O6P/c6-1-2-3(7)4(8)5(9,11-2)12(3,4)10/h2,6-9H,1H2/t2-,3+,4+,5-,12?/m1/s1. The molecule has 4 heterocycles. The highest BCUT2D eigenvalue weighted by Gasteiger charge is 3.23. The predicted octanol–water partition coefficient (Wildman–Crippen LogP) is -2.21. The molecule has 5 atom stereocenters. The van der Waals surface area contributed by atoms with Gasteiger partial charge in [-0.15, -0.1) is 0 Å². The molecule has 4 N–H and O–H groups in total. The summed E-state index contributed by atoms with van der Waals surface area (Å²) in [5.74, 6) is 0. The lowest BCUT2D eigenvalue weighted by Gasteiger charge is -2.11. The molecule has 4 fully saturated rings. The zero-order chi connectivity index (χ0) is 8.99.